The van der Waals surface area contributed by atoms with Crippen molar-refractivity contribution >= 4 is 28.1 Å². The zero-order valence-corrected chi connectivity index (χ0v) is 9.20. The van der Waals surface area contributed by atoms with Gasteiger partial charge >= 0.3 is 0 Å². The minimum Gasteiger partial charge on any atom is -0.330 e. The highest BCUT2D eigenvalue weighted by molar-refractivity contribution is 7.13. The SMILES string of the molecule is CC1=NN(c2nccs2)C(=O)C1CCN. The number of anilines is 1. The van der Waals surface area contributed by atoms with Crippen molar-refractivity contribution in [3.05, 3.63) is 11.6 Å². The van der Waals surface area contributed by atoms with Crippen LogP contribution in [-0.2, 0) is 4.79 Å². The zero-order chi connectivity index (χ0) is 10.8. The summed E-state index contributed by atoms with van der Waals surface area (Å²) in [6.07, 6.45) is 2.31. The summed E-state index contributed by atoms with van der Waals surface area (Å²) >= 11 is 1.40. The second-order valence-electron chi connectivity index (χ2n) is 3.34. The lowest BCUT2D eigenvalue weighted by Gasteiger charge is -2.10. The van der Waals surface area contributed by atoms with Gasteiger partial charge in [0.2, 0.25) is 5.13 Å². The van der Waals surface area contributed by atoms with Gasteiger partial charge in [-0.3, -0.25) is 4.79 Å². The fraction of sp³-hybridized carbons (Fsp3) is 0.444. The Morgan fingerprint density at radius 1 is 1.67 bits per heavy atom. The van der Waals surface area contributed by atoms with Crippen LogP contribution in [0.15, 0.2) is 16.7 Å². The van der Waals surface area contributed by atoms with Gasteiger partial charge in [-0.1, -0.05) is 0 Å². The number of nitrogens with zero attached hydrogens (tertiary/aromatic N) is 3. The Hall–Kier alpha value is -1.27. The van der Waals surface area contributed by atoms with Crippen LogP contribution in [0.5, 0.6) is 0 Å². The van der Waals surface area contributed by atoms with Crippen LogP contribution >= 0.6 is 11.3 Å². The molecule has 6 heteroatoms. The summed E-state index contributed by atoms with van der Waals surface area (Å²) in [5.41, 5.74) is 6.28. The molecular weight excluding hydrogens is 212 g/mol. The normalized spacial score (nSPS) is 20.9. The lowest BCUT2D eigenvalue weighted by Crippen LogP contribution is -2.28. The summed E-state index contributed by atoms with van der Waals surface area (Å²) in [4.78, 5) is 16.0. The second-order valence-corrected chi connectivity index (χ2v) is 4.21. The van der Waals surface area contributed by atoms with Crippen molar-refractivity contribution in [1.82, 2.24) is 4.98 Å². The van der Waals surface area contributed by atoms with Crippen LogP contribution in [0.3, 0.4) is 0 Å². The molecule has 0 aliphatic carbocycles. The van der Waals surface area contributed by atoms with Crippen LogP contribution < -0.4 is 10.7 Å². The summed E-state index contributed by atoms with van der Waals surface area (Å²) in [6, 6.07) is 0. The van der Waals surface area contributed by atoms with Gasteiger partial charge in [0, 0.05) is 17.3 Å². The first kappa shape index (κ1) is 10.3. The van der Waals surface area contributed by atoms with Crippen molar-refractivity contribution in [3.63, 3.8) is 0 Å². The average molecular weight is 224 g/mol. The van der Waals surface area contributed by atoms with E-state index in [1.165, 1.54) is 16.3 Å². The molecule has 1 aromatic rings. The first-order valence-corrected chi connectivity index (χ1v) is 5.60. The Balaban J connectivity index is 2.22. The van der Waals surface area contributed by atoms with Gasteiger partial charge in [-0.15, -0.1) is 11.3 Å². The number of amides is 1. The summed E-state index contributed by atoms with van der Waals surface area (Å²) < 4.78 is 0. The van der Waals surface area contributed by atoms with Gasteiger partial charge in [-0.2, -0.15) is 10.1 Å². The monoisotopic (exact) mass is 224 g/mol. The molecule has 2 N–H and O–H groups in total. The maximum absolute atomic E-state index is 11.9. The Kier molecular flexibility index (Phi) is 2.79. The van der Waals surface area contributed by atoms with E-state index in [2.05, 4.69) is 10.1 Å². The molecule has 0 spiro atoms. The van der Waals surface area contributed by atoms with Gasteiger partial charge in [0.15, 0.2) is 0 Å². The molecule has 2 heterocycles. The van der Waals surface area contributed by atoms with E-state index in [9.17, 15) is 4.79 Å². The number of carbonyl (C=O) groups is 1. The predicted octanol–water partition coefficient (Wildman–Crippen LogP) is 0.831. The molecule has 1 aliphatic rings. The summed E-state index contributed by atoms with van der Waals surface area (Å²) in [6.45, 7) is 2.35. The average Bonchev–Trinajstić information content (AvgIpc) is 2.81. The molecule has 1 aromatic heterocycles. The fourth-order valence-corrected chi connectivity index (χ4v) is 2.16. The highest BCUT2D eigenvalue weighted by atomic mass is 32.1. The standard InChI is InChI=1S/C9H12N4OS/c1-6-7(2-3-10)8(14)13(12-6)9-11-4-5-15-9/h4-5,7H,2-3,10H2,1H3. The second kappa shape index (κ2) is 4.08. The van der Waals surface area contributed by atoms with Gasteiger partial charge in [0.25, 0.3) is 5.91 Å². The van der Waals surface area contributed by atoms with Gasteiger partial charge in [-0.25, -0.2) is 4.98 Å². The van der Waals surface area contributed by atoms with E-state index in [0.717, 1.165) is 5.71 Å². The highest BCUT2D eigenvalue weighted by Gasteiger charge is 2.34. The topological polar surface area (TPSA) is 71.6 Å². The van der Waals surface area contributed by atoms with Crippen molar-refractivity contribution < 1.29 is 4.79 Å². The maximum Gasteiger partial charge on any atom is 0.258 e. The lowest BCUT2D eigenvalue weighted by molar-refractivity contribution is -0.119. The highest BCUT2D eigenvalue weighted by Crippen LogP contribution is 2.26. The number of hydrogen-bond acceptors (Lipinski definition) is 5. The van der Waals surface area contributed by atoms with Crippen molar-refractivity contribution in [3.8, 4) is 0 Å². The molecule has 1 amide bonds. The van der Waals surface area contributed by atoms with Gasteiger partial charge < -0.3 is 5.73 Å². The molecule has 80 valence electrons. The molecule has 0 fully saturated rings. The van der Waals surface area contributed by atoms with Gasteiger partial charge in [0.1, 0.15) is 0 Å². The fourth-order valence-electron chi connectivity index (χ4n) is 1.56. The Labute approximate surface area is 91.6 Å². The molecule has 1 atom stereocenters. The Morgan fingerprint density at radius 2 is 2.47 bits per heavy atom. The largest absolute Gasteiger partial charge is 0.330 e. The molecule has 1 aliphatic heterocycles. The predicted molar refractivity (Wildman–Crippen MR) is 59.9 cm³/mol. The summed E-state index contributed by atoms with van der Waals surface area (Å²) in [5.74, 6) is -0.188. The maximum atomic E-state index is 11.9. The quantitative estimate of drug-likeness (QED) is 0.826. The molecule has 0 saturated heterocycles. The number of hydrogen-bond donors (Lipinski definition) is 1. The van der Waals surface area contributed by atoms with Crippen LogP contribution in [0.2, 0.25) is 0 Å². The van der Waals surface area contributed by atoms with Crippen LogP contribution in [0.4, 0.5) is 5.13 Å². The first-order valence-electron chi connectivity index (χ1n) is 4.72. The number of aromatic nitrogens is 1. The van der Waals surface area contributed by atoms with E-state index in [-0.39, 0.29) is 11.8 Å². The van der Waals surface area contributed by atoms with Gasteiger partial charge in [0.05, 0.1) is 5.92 Å². The van der Waals surface area contributed by atoms with E-state index < -0.39 is 0 Å². The molecule has 0 saturated carbocycles. The molecule has 0 aromatic carbocycles. The lowest BCUT2D eigenvalue weighted by atomic mass is 10.0. The van der Waals surface area contributed by atoms with Crippen LogP contribution in [0, 0.1) is 5.92 Å². The van der Waals surface area contributed by atoms with E-state index in [0.29, 0.717) is 18.1 Å². The third-order valence-electron chi connectivity index (χ3n) is 2.32. The molecule has 15 heavy (non-hydrogen) atoms. The molecule has 1 unspecified atom stereocenters. The summed E-state index contributed by atoms with van der Waals surface area (Å²) in [7, 11) is 0. The minimum absolute atomic E-state index is 0.0205. The Morgan fingerprint density at radius 3 is 3.07 bits per heavy atom. The first-order chi connectivity index (χ1) is 7.24. The van der Waals surface area contributed by atoms with Crippen molar-refractivity contribution in [2.24, 2.45) is 16.8 Å². The number of rotatable bonds is 3. The molecule has 5 nitrogen and oxygen atoms in total. The van der Waals surface area contributed by atoms with E-state index in [4.69, 9.17) is 5.73 Å². The smallest absolute Gasteiger partial charge is 0.258 e. The van der Waals surface area contributed by atoms with Crippen LogP contribution in [-0.4, -0.2) is 23.1 Å². The Bertz CT molecular complexity index is 387. The van der Waals surface area contributed by atoms with E-state index in [1.807, 2.05) is 12.3 Å². The third kappa shape index (κ3) is 1.78. The van der Waals surface area contributed by atoms with Crippen molar-refractivity contribution in [1.29, 1.82) is 0 Å². The van der Waals surface area contributed by atoms with Gasteiger partial charge in [-0.05, 0) is 19.9 Å². The van der Waals surface area contributed by atoms with E-state index >= 15 is 0 Å². The zero-order valence-electron chi connectivity index (χ0n) is 8.38. The molecule has 2 rings (SSSR count). The molecule has 0 radical (unpaired) electrons. The van der Waals surface area contributed by atoms with E-state index in [1.54, 1.807) is 6.20 Å². The number of thiazole rings is 1. The third-order valence-corrected chi connectivity index (χ3v) is 3.07. The van der Waals surface area contributed by atoms with Crippen LogP contribution in [0.1, 0.15) is 13.3 Å². The minimum atomic E-state index is -0.168. The van der Waals surface area contributed by atoms with Crippen LogP contribution in [0.25, 0.3) is 0 Å². The number of hydrazone groups is 1. The number of nitrogens with two attached hydrogens (primary N) is 1. The van der Waals surface area contributed by atoms with Crippen molar-refractivity contribution in [2.45, 2.75) is 13.3 Å². The molecule has 0 bridgehead atoms. The van der Waals surface area contributed by atoms with Crippen molar-refractivity contribution in [2.75, 3.05) is 11.6 Å². The number of carbonyl (C=O) groups excluding carboxylic acids is 1. The summed E-state index contributed by atoms with van der Waals surface area (Å²) in [5, 5.41) is 8.03. The molecular formula is C9H12N4OS.